The van der Waals surface area contributed by atoms with Gasteiger partial charge in [0.05, 0.1) is 18.9 Å². The summed E-state index contributed by atoms with van der Waals surface area (Å²) in [7, 11) is 1.68. The molecule has 0 fully saturated rings. The van der Waals surface area contributed by atoms with E-state index in [1.165, 1.54) is 3.57 Å². The number of methoxy groups -OCH3 is 1. The molecule has 2 atom stereocenters. The van der Waals surface area contributed by atoms with E-state index in [1.807, 2.05) is 47.3 Å². The van der Waals surface area contributed by atoms with Gasteiger partial charge in [-0.05, 0) is 101 Å². The van der Waals surface area contributed by atoms with Crippen molar-refractivity contribution < 1.29 is 7.80 Å². The van der Waals surface area contributed by atoms with Crippen molar-refractivity contribution in [2.24, 2.45) is 4.99 Å². The Bertz CT molecular complexity index is 1000. The van der Waals surface area contributed by atoms with E-state index in [0.29, 0.717) is 0 Å². The highest BCUT2D eigenvalue weighted by Crippen LogP contribution is 2.38. The first-order valence-electron chi connectivity index (χ1n) is 9.25. The van der Waals surface area contributed by atoms with Crippen LogP contribution in [0, 0.1) is 3.57 Å². The fourth-order valence-corrected chi connectivity index (χ4v) is 4.28. The number of ether oxygens (including phenoxy) is 1. The van der Waals surface area contributed by atoms with Crippen molar-refractivity contribution in [3.8, 4) is 11.5 Å². The summed E-state index contributed by atoms with van der Waals surface area (Å²) in [6.45, 7) is 2.21. The van der Waals surface area contributed by atoms with E-state index in [-0.39, 0.29) is 12.2 Å². The highest BCUT2D eigenvalue weighted by atomic mass is 127. The molecule has 0 aromatic heterocycles. The molecule has 2 unspecified atom stereocenters. The van der Waals surface area contributed by atoms with Crippen LogP contribution in [0.5, 0.6) is 11.5 Å². The monoisotopic (exact) mass is 610 g/mol. The molecule has 3 aromatic carbocycles. The summed E-state index contributed by atoms with van der Waals surface area (Å²) < 4.78 is 11.8. The standard InChI is InChI=1S/C23H20I2N2O2/c1-15-22(16-3-13-21(29-25)14-4-16)26-23(17-5-11-20(28-2)12-6-17)27(15)19-9-7-18(24)8-10-19/h3-15,23H,1-2H3. The average Bonchev–Trinajstić information content (AvgIpc) is 3.11. The lowest BCUT2D eigenvalue weighted by Gasteiger charge is -2.30. The molecule has 148 valence electrons. The van der Waals surface area contributed by atoms with E-state index in [9.17, 15) is 0 Å². The average molecular weight is 610 g/mol. The number of anilines is 1. The summed E-state index contributed by atoms with van der Waals surface area (Å²) in [4.78, 5) is 7.53. The molecule has 1 heterocycles. The van der Waals surface area contributed by atoms with E-state index in [1.54, 1.807) is 7.11 Å². The van der Waals surface area contributed by atoms with E-state index in [2.05, 4.69) is 82.9 Å². The lowest BCUT2D eigenvalue weighted by molar-refractivity contribution is 0.414. The van der Waals surface area contributed by atoms with Crippen molar-refractivity contribution in [1.82, 2.24) is 0 Å². The molecule has 1 aliphatic rings. The maximum atomic E-state index is 5.33. The number of rotatable bonds is 5. The zero-order valence-electron chi connectivity index (χ0n) is 16.0. The minimum Gasteiger partial charge on any atom is -0.497 e. The molecule has 0 saturated heterocycles. The van der Waals surface area contributed by atoms with Gasteiger partial charge in [0, 0.05) is 9.26 Å². The van der Waals surface area contributed by atoms with Crippen molar-refractivity contribution in [2.45, 2.75) is 19.1 Å². The Kier molecular flexibility index (Phi) is 6.29. The summed E-state index contributed by atoms with van der Waals surface area (Å²) in [6.07, 6.45) is -0.0912. The predicted molar refractivity (Wildman–Crippen MR) is 134 cm³/mol. The van der Waals surface area contributed by atoms with Crippen LogP contribution in [0.2, 0.25) is 0 Å². The third kappa shape index (κ3) is 4.23. The van der Waals surface area contributed by atoms with Crippen molar-refractivity contribution in [3.63, 3.8) is 0 Å². The van der Waals surface area contributed by atoms with Gasteiger partial charge >= 0.3 is 0 Å². The Morgan fingerprint density at radius 2 is 1.48 bits per heavy atom. The van der Waals surface area contributed by atoms with Gasteiger partial charge in [-0.2, -0.15) is 0 Å². The maximum Gasteiger partial charge on any atom is 0.192 e. The first-order chi connectivity index (χ1) is 14.1. The van der Waals surface area contributed by atoms with Crippen molar-refractivity contribution >= 4 is 57.0 Å². The molecule has 6 heteroatoms. The second-order valence-corrected chi connectivity index (χ2v) is 8.51. The number of aliphatic imine (C=N–C) groups is 1. The Morgan fingerprint density at radius 1 is 0.862 bits per heavy atom. The molecule has 0 amide bonds. The Balaban J connectivity index is 1.76. The van der Waals surface area contributed by atoms with Crippen LogP contribution in [0.15, 0.2) is 77.8 Å². The summed E-state index contributed by atoms with van der Waals surface area (Å²) in [5.41, 5.74) is 4.48. The summed E-state index contributed by atoms with van der Waals surface area (Å²) in [5.74, 6) is 1.68. The van der Waals surface area contributed by atoms with Crippen LogP contribution in [-0.2, 0) is 0 Å². The second-order valence-electron chi connectivity index (χ2n) is 6.82. The minimum absolute atomic E-state index is 0.0912. The van der Waals surface area contributed by atoms with Crippen LogP contribution in [0.4, 0.5) is 5.69 Å². The van der Waals surface area contributed by atoms with E-state index >= 15 is 0 Å². The van der Waals surface area contributed by atoms with Gasteiger partial charge in [-0.15, -0.1) is 0 Å². The molecule has 4 nitrogen and oxygen atoms in total. The van der Waals surface area contributed by atoms with Gasteiger partial charge in [0.15, 0.2) is 23.0 Å². The van der Waals surface area contributed by atoms with Crippen LogP contribution in [0.1, 0.15) is 24.2 Å². The minimum atomic E-state index is -0.0912. The van der Waals surface area contributed by atoms with Crippen molar-refractivity contribution in [2.75, 3.05) is 12.0 Å². The zero-order chi connectivity index (χ0) is 20.4. The van der Waals surface area contributed by atoms with Crippen LogP contribution < -0.4 is 12.7 Å². The Hall–Kier alpha value is -1.81. The molecular formula is C23H20I2N2O2. The van der Waals surface area contributed by atoms with Crippen LogP contribution in [-0.4, -0.2) is 18.9 Å². The van der Waals surface area contributed by atoms with Gasteiger partial charge in [0.1, 0.15) is 17.7 Å². The van der Waals surface area contributed by atoms with Crippen LogP contribution >= 0.6 is 45.6 Å². The van der Waals surface area contributed by atoms with Crippen molar-refractivity contribution in [3.05, 3.63) is 87.5 Å². The number of hydrogen-bond acceptors (Lipinski definition) is 4. The summed E-state index contributed by atoms with van der Waals surface area (Å²) >= 11 is 4.23. The summed E-state index contributed by atoms with van der Waals surface area (Å²) in [6, 6.07) is 25.0. The Morgan fingerprint density at radius 3 is 2.07 bits per heavy atom. The number of nitrogens with zero attached hydrogens (tertiary/aromatic N) is 2. The highest BCUT2D eigenvalue weighted by Gasteiger charge is 2.35. The first kappa shape index (κ1) is 20.5. The third-order valence-electron chi connectivity index (χ3n) is 5.12. The fourth-order valence-electron chi connectivity index (χ4n) is 3.63. The SMILES string of the molecule is COc1ccc(C2N=C(c3ccc(OI)cc3)C(C)N2c2ccc(I)cc2)cc1. The molecule has 0 radical (unpaired) electrons. The molecule has 0 aliphatic carbocycles. The van der Waals surface area contributed by atoms with Crippen LogP contribution in [0.3, 0.4) is 0 Å². The van der Waals surface area contributed by atoms with Crippen LogP contribution in [0.25, 0.3) is 0 Å². The molecule has 0 saturated carbocycles. The zero-order valence-corrected chi connectivity index (χ0v) is 20.4. The Labute approximate surface area is 198 Å². The smallest absolute Gasteiger partial charge is 0.192 e. The number of hydrogen-bond donors (Lipinski definition) is 0. The molecule has 3 aromatic rings. The van der Waals surface area contributed by atoms with E-state index in [0.717, 1.165) is 34.0 Å². The van der Waals surface area contributed by atoms with Crippen molar-refractivity contribution in [1.29, 1.82) is 0 Å². The molecule has 0 spiro atoms. The third-order valence-corrected chi connectivity index (χ3v) is 6.34. The number of halogens is 2. The van der Waals surface area contributed by atoms with Gasteiger partial charge in [-0.25, -0.2) is 0 Å². The van der Waals surface area contributed by atoms with E-state index in [4.69, 9.17) is 12.8 Å². The molecule has 29 heavy (non-hydrogen) atoms. The van der Waals surface area contributed by atoms with Gasteiger partial charge in [0.2, 0.25) is 0 Å². The van der Waals surface area contributed by atoms with E-state index < -0.39 is 0 Å². The largest absolute Gasteiger partial charge is 0.497 e. The normalized spacial score (nSPS) is 18.5. The molecule has 0 N–H and O–H groups in total. The summed E-state index contributed by atoms with van der Waals surface area (Å²) in [5, 5.41) is 0. The lowest BCUT2D eigenvalue weighted by Crippen LogP contribution is -2.35. The van der Waals surface area contributed by atoms with Gasteiger partial charge in [-0.3, -0.25) is 4.99 Å². The maximum absolute atomic E-state index is 5.33. The topological polar surface area (TPSA) is 34.1 Å². The first-order valence-corrected chi connectivity index (χ1v) is 11.2. The van der Waals surface area contributed by atoms with Gasteiger partial charge in [0.25, 0.3) is 0 Å². The molecule has 0 bridgehead atoms. The molecular weight excluding hydrogens is 590 g/mol. The second kappa shape index (κ2) is 8.91. The number of benzene rings is 3. The van der Waals surface area contributed by atoms with Gasteiger partial charge in [-0.1, -0.05) is 12.1 Å². The molecule has 1 aliphatic heterocycles. The fraction of sp³-hybridized carbons (Fsp3) is 0.174. The highest BCUT2D eigenvalue weighted by molar-refractivity contribution is 14.1. The predicted octanol–water partition coefficient (Wildman–Crippen LogP) is 6.43. The van der Waals surface area contributed by atoms with Gasteiger partial charge < -0.3 is 12.7 Å². The molecule has 4 rings (SSSR count). The lowest BCUT2D eigenvalue weighted by atomic mass is 10.0. The quantitative estimate of drug-likeness (QED) is 0.313.